The average molecular weight is 200 g/mol. The van der Waals surface area contributed by atoms with Gasteiger partial charge in [0, 0.05) is 7.05 Å². The number of phenols is 1. The molecule has 0 radical (unpaired) electrons. The highest BCUT2D eigenvalue weighted by molar-refractivity contribution is 6.32. The standard InChI is InChI=1S/C9H10ClNO2/c1-5-3-6(9(13)11-2)8(12)7(10)4-5/h3-4,12H,1-2H3,(H,11,13). The van der Waals surface area contributed by atoms with E-state index in [4.69, 9.17) is 11.6 Å². The van der Waals surface area contributed by atoms with Gasteiger partial charge in [-0.3, -0.25) is 4.79 Å². The van der Waals surface area contributed by atoms with Crippen molar-refractivity contribution in [3.05, 3.63) is 28.3 Å². The number of rotatable bonds is 1. The zero-order valence-electron chi connectivity index (χ0n) is 7.39. The van der Waals surface area contributed by atoms with E-state index in [2.05, 4.69) is 5.32 Å². The van der Waals surface area contributed by atoms with Crippen LogP contribution in [0.4, 0.5) is 0 Å². The Morgan fingerprint density at radius 2 is 2.15 bits per heavy atom. The van der Waals surface area contributed by atoms with Gasteiger partial charge in [-0.15, -0.1) is 0 Å². The lowest BCUT2D eigenvalue weighted by atomic mass is 10.1. The summed E-state index contributed by atoms with van der Waals surface area (Å²) in [6.07, 6.45) is 0. The number of aromatic hydroxyl groups is 1. The summed E-state index contributed by atoms with van der Waals surface area (Å²) < 4.78 is 0. The van der Waals surface area contributed by atoms with E-state index in [1.165, 1.54) is 7.05 Å². The Hall–Kier alpha value is -1.22. The van der Waals surface area contributed by atoms with Crippen molar-refractivity contribution < 1.29 is 9.90 Å². The van der Waals surface area contributed by atoms with Crippen molar-refractivity contribution in [2.75, 3.05) is 7.05 Å². The second-order valence-corrected chi connectivity index (χ2v) is 3.13. The lowest BCUT2D eigenvalue weighted by molar-refractivity contribution is 0.0960. The molecule has 0 aliphatic carbocycles. The number of benzene rings is 1. The fourth-order valence-electron chi connectivity index (χ4n) is 1.04. The van der Waals surface area contributed by atoms with E-state index in [9.17, 15) is 9.90 Å². The average Bonchev–Trinajstić information content (AvgIpc) is 2.10. The van der Waals surface area contributed by atoms with Crippen molar-refractivity contribution >= 4 is 17.5 Å². The Labute approximate surface area is 81.3 Å². The SMILES string of the molecule is CNC(=O)c1cc(C)cc(Cl)c1O. The third-order valence-electron chi connectivity index (χ3n) is 1.68. The predicted molar refractivity (Wildman–Crippen MR) is 51.2 cm³/mol. The normalized spacial score (nSPS) is 9.77. The lowest BCUT2D eigenvalue weighted by Crippen LogP contribution is -2.18. The Morgan fingerprint density at radius 3 is 2.69 bits per heavy atom. The summed E-state index contributed by atoms with van der Waals surface area (Å²) in [5.41, 5.74) is 1.04. The van der Waals surface area contributed by atoms with Gasteiger partial charge >= 0.3 is 0 Å². The van der Waals surface area contributed by atoms with E-state index in [1.807, 2.05) is 0 Å². The van der Waals surface area contributed by atoms with Crippen LogP contribution in [0.3, 0.4) is 0 Å². The zero-order valence-corrected chi connectivity index (χ0v) is 8.14. The minimum Gasteiger partial charge on any atom is -0.506 e. The molecule has 4 heteroatoms. The largest absolute Gasteiger partial charge is 0.506 e. The summed E-state index contributed by atoms with van der Waals surface area (Å²) in [4.78, 5) is 11.2. The number of phenolic OH excluding ortho intramolecular Hbond substituents is 1. The minimum atomic E-state index is -0.344. The van der Waals surface area contributed by atoms with Crippen LogP contribution in [-0.2, 0) is 0 Å². The second kappa shape index (κ2) is 3.66. The maximum atomic E-state index is 11.2. The van der Waals surface area contributed by atoms with Gasteiger partial charge in [0.1, 0.15) is 5.75 Å². The van der Waals surface area contributed by atoms with Gasteiger partial charge in [-0.2, -0.15) is 0 Å². The van der Waals surface area contributed by atoms with Crippen molar-refractivity contribution in [1.82, 2.24) is 5.32 Å². The van der Waals surface area contributed by atoms with Crippen LogP contribution >= 0.6 is 11.6 Å². The number of nitrogens with one attached hydrogen (secondary N) is 1. The summed E-state index contributed by atoms with van der Waals surface area (Å²) in [5, 5.41) is 12.0. The van der Waals surface area contributed by atoms with Crippen molar-refractivity contribution in [3.8, 4) is 5.75 Å². The van der Waals surface area contributed by atoms with Crippen LogP contribution in [0.5, 0.6) is 5.75 Å². The number of carbonyl (C=O) groups is 1. The first-order valence-electron chi connectivity index (χ1n) is 3.77. The molecule has 13 heavy (non-hydrogen) atoms. The molecule has 0 heterocycles. The summed E-state index contributed by atoms with van der Waals surface area (Å²) in [6, 6.07) is 3.18. The molecule has 0 fully saturated rings. The van der Waals surface area contributed by atoms with E-state index < -0.39 is 0 Å². The van der Waals surface area contributed by atoms with E-state index in [1.54, 1.807) is 19.1 Å². The highest BCUT2D eigenvalue weighted by atomic mass is 35.5. The van der Waals surface area contributed by atoms with Crippen LogP contribution in [-0.4, -0.2) is 18.1 Å². The van der Waals surface area contributed by atoms with E-state index in [-0.39, 0.29) is 22.2 Å². The molecule has 1 aromatic carbocycles. The first-order chi connectivity index (χ1) is 6.06. The van der Waals surface area contributed by atoms with Gasteiger partial charge in [0.25, 0.3) is 5.91 Å². The fourth-order valence-corrected chi connectivity index (χ4v) is 1.32. The van der Waals surface area contributed by atoms with E-state index in [0.717, 1.165) is 5.56 Å². The lowest BCUT2D eigenvalue weighted by Gasteiger charge is -2.05. The maximum absolute atomic E-state index is 11.2. The molecule has 0 saturated heterocycles. The molecule has 0 unspecified atom stereocenters. The Balaban J connectivity index is 3.28. The third-order valence-corrected chi connectivity index (χ3v) is 1.97. The molecule has 1 aromatic rings. The summed E-state index contributed by atoms with van der Waals surface area (Å²) in [5.74, 6) is -0.519. The molecular formula is C9H10ClNO2. The number of amides is 1. The molecule has 0 aromatic heterocycles. The monoisotopic (exact) mass is 199 g/mol. The summed E-state index contributed by atoms with van der Waals surface area (Å²) >= 11 is 5.69. The molecule has 0 aliphatic rings. The van der Waals surface area contributed by atoms with E-state index in [0.29, 0.717) is 0 Å². The number of halogens is 1. The van der Waals surface area contributed by atoms with Crippen LogP contribution in [0.25, 0.3) is 0 Å². The van der Waals surface area contributed by atoms with Gasteiger partial charge in [-0.25, -0.2) is 0 Å². The highest BCUT2D eigenvalue weighted by Crippen LogP contribution is 2.28. The van der Waals surface area contributed by atoms with Gasteiger partial charge in [0.05, 0.1) is 10.6 Å². The number of hydrogen-bond donors (Lipinski definition) is 2. The molecular weight excluding hydrogens is 190 g/mol. The molecule has 1 rings (SSSR count). The molecule has 0 saturated carbocycles. The fraction of sp³-hybridized carbons (Fsp3) is 0.222. The Bertz CT molecular complexity index is 350. The predicted octanol–water partition coefficient (Wildman–Crippen LogP) is 1.71. The van der Waals surface area contributed by atoms with Crippen LogP contribution in [0.2, 0.25) is 5.02 Å². The van der Waals surface area contributed by atoms with Crippen molar-refractivity contribution in [2.45, 2.75) is 6.92 Å². The molecule has 0 atom stereocenters. The molecule has 0 aliphatic heterocycles. The van der Waals surface area contributed by atoms with Gasteiger partial charge in [-0.1, -0.05) is 11.6 Å². The molecule has 2 N–H and O–H groups in total. The maximum Gasteiger partial charge on any atom is 0.254 e. The minimum absolute atomic E-state index is 0.174. The van der Waals surface area contributed by atoms with Crippen LogP contribution in [0.15, 0.2) is 12.1 Å². The first-order valence-corrected chi connectivity index (χ1v) is 4.15. The Kier molecular flexibility index (Phi) is 2.78. The Morgan fingerprint density at radius 1 is 1.54 bits per heavy atom. The first kappa shape index (κ1) is 9.86. The smallest absolute Gasteiger partial charge is 0.254 e. The molecule has 1 amide bonds. The van der Waals surface area contributed by atoms with Crippen LogP contribution in [0.1, 0.15) is 15.9 Å². The topological polar surface area (TPSA) is 49.3 Å². The van der Waals surface area contributed by atoms with E-state index >= 15 is 0 Å². The van der Waals surface area contributed by atoms with Crippen LogP contribution in [0, 0.1) is 6.92 Å². The number of aryl methyl sites for hydroxylation is 1. The molecule has 0 bridgehead atoms. The van der Waals surface area contributed by atoms with Gasteiger partial charge in [-0.05, 0) is 24.6 Å². The third kappa shape index (κ3) is 1.92. The zero-order chi connectivity index (χ0) is 10.0. The van der Waals surface area contributed by atoms with Crippen molar-refractivity contribution in [1.29, 1.82) is 0 Å². The number of hydrogen-bond acceptors (Lipinski definition) is 2. The second-order valence-electron chi connectivity index (χ2n) is 2.72. The van der Waals surface area contributed by atoms with Crippen molar-refractivity contribution in [3.63, 3.8) is 0 Å². The highest BCUT2D eigenvalue weighted by Gasteiger charge is 2.12. The molecule has 3 nitrogen and oxygen atoms in total. The van der Waals surface area contributed by atoms with Crippen LogP contribution < -0.4 is 5.32 Å². The van der Waals surface area contributed by atoms with Crippen molar-refractivity contribution in [2.24, 2.45) is 0 Å². The summed E-state index contributed by atoms with van der Waals surface area (Å²) in [7, 11) is 1.50. The van der Waals surface area contributed by atoms with Gasteiger partial charge in [0.2, 0.25) is 0 Å². The number of carbonyl (C=O) groups excluding carboxylic acids is 1. The molecule has 0 spiro atoms. The molecule has 70 valence electrons. The quantitative estimate of drug-likeness (QED) is 0.724. The summed E-state index contributed by atoms with van der Waals surface area (Å²) in [6.45, 7) is 1.80. The van der Waals surface area contributed by atoms with Gasteiger partial charge in [0.15, 0.2) is 0 Å². The van der Waals surface area contributed by atoms with Gasteiger partial charge < -0.3 is 10.4 Å².